The summed E-state index contributed by atoms with van der Waals surface area (Å²) in [7, 11) is 0. The highest BCUT2D eigenvalue weighted by molar-refractivity contribution is 5.76. The first-order valence-corrected chi connectivity index (χ1v) is 7.11. The van der Waals surface area contributed by atoms with Crippen LogP contribution in [0.2, 0.25) is 0 Å². The van der Waals surface area contributed by atoms with Crippen LogP contribution in [0, 0.1) is 11.8 Å². The Balaban J connectivity index is 2.69. The summed E-state index contributed by atoms with van der Waals surface area (Å²) in [5, 5.41) is 0. The first kappa shape index (κ1) is 19.1. The number of halogens is 6. The number of carbonyl (C=O) groups excluding carboxylic acids is 1. The van der Waals surface area contributed by atoms with Crippen molar-refractivity contribution in [1.29, 1.82) is 0 Å². The SMILES string of the molecule is CC(C)C1CCC(C)(OC(=O)C(F)C(F)(F)C(F)(F)F)CC1. The van der Waals surface area contributed by atoms with Gasteiger partial charge in [0.15, 0.2) is 0 Å². The molecule has 1 atom stereocenters. The van der Waals surface area contributed by atoms with Gasteiger partial charge in [0.1, 0.15) is 5.60 Å². The average molecular weight is 334 g/mol. The van der Waals surface area contributed by atoms with Crippen LogP contribution in [-0.2, 0) is 9.53 Å². The molecule has 1 saturated carbocycles. The van der Waals surface area contributed by atoms with Gasteiger partial charge in [0.05, 0.1) is 0 Å². The van der Waals surface area contributed by atoms with Gasteiger partial charge in [0, 0.05) is 0 Å². The van der Waals surface area contributed by atoms with Gasteiger partial charge in [0.2, 0.25) is 0 Å². The standard InChI is InChI=1S/C14H20F6O2/c1-8(2)9-4-6-12(3,7-5-9)22-11(21)10(15)13(16,17)14(18,19)20/h8-10H,4-7H2,1-3H3. The third-order valence-corrected chi connectivity index (χ3v) is 4.28. The Morgan fingerprint density at radius 2 is 1.59 bits per heavy atom. The van der Waals surface area contributed by atoms with Crippen molar-refractivity contribution in [3.05, 3.63) is 0 Å². The molecule has 8 heteroatoms. The largest absolute Gasteiger partial charge is 0.457 e. The smallest absolute Gasteiger partial charge is 0.457 e. The first-order valence-electron chi connectivity index (χ1n) is 7.11. The van der Waals surface area contributed by atoms with Crippen molar-refractivity contribution in [3.8, 4) is 0 Å². The van der Waals surface area contributed by atoms with Crippen molar-refractivity contribution in [2.75, 3.05) is 0 Å². The van der Waals surface area contributed by atoms with Gasteiger partial charge in [-0.3, -0.25) is 0 Å². The minimum Gasteiger partial charge on any atom is -0.457 e. The third-order valence-electron chi connectivity index (χ3n) is 4.28. The van der Waals surface area contributed by atoms with Crippen LogP contribution < -0.4 is 0 Å². The number of ether oxygens (including phenoxy) is 1. The summed E-state index contributed by atoms with van der Waals surface area (Å²) in [5.41, 5.74) is -1.20. The normalized spacial score (nSPS) is 28.5. The molecule has 1 aliphatic carbocycles. The molecule has 22 heavy (non-hydrogen) atoms. The minimum absolute atomic E-state index is 0.311. The number of esters is 1. The fraction of sp³-hybridized carbons (Fsp3) is 0.929. The second kappa shape index (κ2) is 6.28. The van der Waals surface area contributed by atoms with E-state index in [0.29, 0.717) is 37.5 Å². The van der Waals surface area contributed by atoms with Crippen LogP contribution in [0.4, 0.5) is 26.3 Å². The van der Waals surface area contributed by atoms with Gasteiger partial charge in [-0.1, -0.05) is 13.8 Å². The molecule has 0 heterocycles. The predicted molar refractivity (Wildman–Crippen MR) is 67.2 cm³/mol. The lowest BCUT2D eigenvalue weighted by molar-refractivity contribution is -0.303. The van der Waals surface area contributed by atoms with E-state index in [2.05, 4.69) is 4.74 Å². The monoisotopic (exact) mass is 334 g/mol. The van der Waals surface area contributed by atoms with Gasteiger partial charge in [-0.2, -0.15) is 22.0 Å². The Morgan fingerprint density at radius 3 is 1.95 bits per heavy atom. The van der Waals surface area contributed by atoms with Crippen molar-refractivity contribution in [2.24, 2.45) is 11.8 Å². The summed E-state index contributed by atoms with van der Waals surface area (Å²) in [6.07, 6.45) is -8.27. The lowest BCUT2D eigenvalue weighted by atomic mass is 9.75. The Bertz CT molecular complexity index is 397. The average Bonchev–Trinajstić information content (AvgIpc) is 2.36. The highest BCUT2D eigenvalue weighted by Crippen LogP contribution is 2.42. The molecule has 1 aliphatic rings. The van der Waals surface area contributed by atoms with Crippen LogP contribution in [0.25, 0.3) is 0 Å². The molecule has 0 aromatic heterocycles. The van der Waals surface area contributed by atoms with Crippen molar-refractivity contribution < 1.29 is 35.9 Å². The molecule has 0 bridgehead atoms. The summed E-state index contributed by atoms with van der Waals surface area (Å²) in [6.45, 7) is 5.46. The summed E-state index contributed by atoms with van der Waals surface area (Å²) in [6, 6.07) is 0. The quantitative estimate of drug-likeness (QED) is 0.552. The van der Waals surface area contributed by atoms with Crippen LogP contribution in [-0.4, -0.2) is 29.8 Å². The molecule has 0 spiro atoms. The molecule has 0 aliphatic heterocycles. The Hall–Kier alpha value is -0.950. The van der Waals surface area contributed by atoms with Gasteiger partial charge in [-0.15, -0.1) is 0 Å². The first-order chi connectivity index (χ1) is 9.80. The molecule has 1 rings (SSSR count). The molecule has 0 N–H and O–H groups in total. The van der Waals surface area contributed by atoms with Gasteiger partial charge in [-0.25, -0.2) is 9.18 Å². The third kappa shape index (κ3) is 4.07. The van der Waals surface area contributed by atoms with Gasteiger partial charge in [0.25, 0.3) is 6.17 Å². The maximum Gasteiger partial charge on any atom is 0.457 e. The molecule has 0 aromatic carbocycles. The van der Waals surface area contributed by atoms with E-state index in [1.54, 1.807) is 0 Å². The van der Waals surface area contributed by atoms with Crippen molar-refractivity contribution in [2.45, 2.75) is 70.3 Å². The van der Waals surface area contributed by atoms with E-state index < -0.39 is 29.8 Å². The lowest BCUT2D eigenvalue weighted by Crippen LogP contribution is -2.51. The second-order valence-corrected chi connectivity index (χ2v) is 6.44. The van der Waals surface area contributed by atoms with Crippen molar-refractivity contribution in [1.82, 2.24) is 0 Å². The summed E-state index contributed by atoms with van der Waals surface area (Å²) in [5.74, 6) is -7.16. The van der Waals surface area contributed by atoms with E-state index in [9.17, 15) is 31.1 Å². The maximum absolute atomic E-state index is 13.3. The van der Waals surface area contributed by atoms with Crippen LogP contribution >= 0.6 is 0 Å². The van der Waals surface area contributed by atoms with E-state index in [4.69, 9.17) is 0 Å². The summed E-state index contributed by atoms with van der Waals surface area (Å²) >= 11 is 0. The van der Waals surface area contributed by atoms with Gasteiger partial charge < -0.3 is 4.74 Å². The molecular weight excluding hydrogens is 314 g/mol. The highest BCUT2D eigenvalue weighted by Gasteiger charge is 2.66. The summed E-state index contributed by atoms with van der Waals surface area (Å²) in [4.78, 5) is 11.3. The zero-order chi connectivity index (χ0) is 17.3. The van der Waals surface area contributed by atoms with Gasteiger partial charge in [-0.05, 0) is 44.4 Å². The molecule has 0 radical (unpaired) electrons. The molecule has 0 amide bonds. The molecule has 1 unspecified atom stereocenters. The molecule has 0 aromatic rings. The summed E-state index contributed by atoms with van der Waals surface area (Å²) < 4.78 is 79.7. The van der Waals surface area contributed by atoms with E-state index in [1.807, 2.05) is 13.8 Å². The van der Waals surface area contributed by atoms with Crippen LogP contribution in [0.15, 0.2) is 0 Å². The number of rotatable bonds is 4. The predicted octanol–water partition coefficient (Wildman–Crippen LogP) is 4.67. The zero-order valence-corrected chi connectivity index (χ0v) is 12.6. The number of hydrogen-bond donors (Lipinski definition) is 0. The van der Waals surface area contributed by atoms with Crippen molar-refractivity contribution >= 4 is 5.97 Å². The van der Waals surface area contributed by atoms with E-state index in [1.165, 1.54) is 6.92 Å². The Morgan fingerprint density at radius 1 is 1.14 bits per heavy atom. The molecule has 1 fully saturated rings. The minimum atomic E-state index is -6.14. The topological polar surface area (TPSA) is 26.3 Å². The molecule has 2 nitrogen and oxygen atoms in total. The second-order valence-electron chi connectivity index (χ2n) is 6.44. The fourth-order valence-corrected chi connectivity index (χ4v) is 2.61. The Kier molecular flexibility index (Phi) is 5.45. The molecule has 130 valence electrons. The van der Waals surface area contributed by atoms with E-state index in [-0.39, 0.29) is 0 Å². The van der Waals surface area contributed by atoms with E-state index >= 15 is 0 Å². The molecular formula is C14H20F6O2. The number of hydrogen-bond acceptors (Lipinski definition) is 2. The number of carbonyl (C=O) groups is 1. The highest BCUT2D eigenvalue weighted by atomic mass is 19.4. The van der Waals surface area contributed by atoms with Gasteiger partial charge >= 0.3 is 18.1 Å². The lowest BCUT2D eigenvalue weighted by Gasteiger charge is -2.38. The van der Waals surface area contributed by atoms with E-state index in [0.717, 1.165) is 0 Å². The maximum atomic E-state index is 13.3. The van der Waals surface area contributed by atoms with Crippen molar-refractivity contribution in [3.63, 3.8) is 0 Å². The molecule has 0 saturated heterocycles. The zero-order valence-electron chi connectivity index (χ0n) is 12.6. The number of alkyl halides is 6. The van der Waals surface area contributed by atoms with Crippen LogP contribution in [0.3, 0.4) is 0 Å². The fourth-order valence-electron chi connectivity index (χ4n) is 2.61. The van der Waals surface area contributed by atoms with Crippen LogP contribution in [0.5, 0.6) is 0 Å². The Labute approximate surface area is 125 Å². The van der Waals surface area contributed by atoms with Crippen LogP contribution in [0.1, 0.15) is 46.5 Å².